The molecule has 1 amide bonds. The number of thioether (sulfide) groups is 1. The molecule has 1 aromatic carbocycles. The lowest BCUT2D eigenvalue weighted by molar-refractivity contribution is -0.121. The highest BCUT2D eigenvalue weighted by Crippen LogP contribution is 2.34. The molecule has 0 bridgehead atoms. The highest BCUT2D eigenvalue weighted by molar-refractivity contribution is 8.18. The monoisotopic (exact) mass is 383 g/mol. The van der Waals surface area contributed by atoms with Gasteiger partial charge in [-0.15, -0.1) is 17.9 Å². The van der Waals surface area contributed by atoms with E-state index in [4.69, 9.17) is 0 Å². The third-order valence-electron chi connectivity index (χ3n) is 3.90. The van der Waals surface area contributed by atoms with Crippen molar-refractivity contribution in [2.75, 3.05) is 6.54 Å². The molecule has 2 aromatic rings. The Morgan fingerprint density at radius 1 is 1.31 bits per heavy atom. The van der Waals surface area contributed by atoms with Crippen molar-refractivity contribution in [3.8, 4) is 0 Å². The van der Waals surface area contributed by atoms with Crippen molar-refractivity contribution in [3.63, 3.8) is 0 Å². The predicted molar refractivity (Wildman–Crippen MR) is 112 cm³/mol. The van der Waals surface area contributed by atoms with Gasteiger partial charge in [-0.2, -0.15) is 4.99 Å². The first-order valence-corrected chi connectivity index (χ1v) is 10.1. The molecule has 0 spiro atoms. The zero-order valence-corrected chi connectivity index (χ0v) is 16.7. The maximum atomic E-state index is 12.8. The Hall–Kier alpha value is -2.18. The van der Waals surface area contributed by atoms with E-state index in [1.165, 1.54) is 28.7 Å². The third-order valence-corrected chi connectivity index (χ3v) is 5.76. The average Bonchev–Trinajstić information content (AvgIpc) is 3.14. The van der Waals surface area contributed by atoms with Crippen LogP contribution in [-0.2, 0) is 4.79 Å². The summed E-state index contributed by atoms with van der Waals surface area (Å²) >= 11 is 2.85. The molecule has 1 aliphatic heterocycles. The molecule has 0 saturated carbocycles. The van der Waals surface area contributed by atoms with Crippen molar-refractivity contribution in [1.82, 2.24) is 9.88 Å². The summed E-state index contributed by atoms with van der Waals surface area (Å²) in [5, 5.41) is 3.26. The largest absolute Gasteiger partial charge is 0.282 e. The minimum atomic E-state index is -0.0464. The smallest absolute Gasteiger partial charge is 0.267 e. The van der Waals surface area contributed by atoms with E-state index in [2.05, 4.69) is 42.5 Å². The number of aliphatic imine (C=N–C) groups is 1. The predicted octanol–water partition coefficient (Wildman–Crippen LogP) is 5.36. The summed E-state index contributed by atoms with van der Waals surface area (Å²) in [5.41, 5.74) is 3.22. The average molecular weight is 384 g/mol. The number of thiazole rings is 1. The fraction of sp³-hybridized carbons (Fsp3) is 0.250. The van der Waals surface area contributed by atoms with Crippen molar-refractivity contribution < 1.29 is 4.79 Å². The lowest BCUT2D eigenvalue weighted by Crippen LogP contribution is -2.29. The van der Waals surface area contributed by atoms with Gasteiger partial charge in [0, 0.05) is 11.9 Å². The summed E-state index contributed by atoms with van der Waals surface area (Å²) in [6.45, 7) is 10.4. The van der Waals surface area contributed by atoms with Crippen molar-refractivity contribution in [2.45, 2.75) is 26.7 Å². The van der Waals surface area contributed by atoms with E-state index in [0.29, 0.717) is 27.7 Å². The molecule has 1 aromatic heterocycles. The Kier molecular flexibility index (Phi) is 5.74. The van der Waals surface area contributed by atoms with E-state index in [9.17, 15) is 4.79 Å². The summed E-state index contributed by atoms with van der Waals surface area (Å²) in [6, 6.07) is 8.31. The number of rotatable bonds is 5. The molecule has 0 unspecified atom stereocenters. The second-order valence-corrected chi connectivity index (χ2v) is 8.15. The van der Waals surface area contributed by atoms with Crippen LogP contribution in [0.3, 0.4) is 0 Å². The number of aromatic nitrogens is 1. The Labute approximate surface area is 162 Å². The van der Waals surface area contributed by atoms with Crippen molar-refractivity contribution >= 4 is 45.4 Å². The minimum Gasteiger partial charge on any atom is -0.282 e. The number of amides is 1. The molecule has 1 fully saturated rings. The molecule has 4 nitrogen and oxygen atoms in total. The first kappa shape index (κ1) is 18.6. The van der Waals surface area contributed by atoms with Gasteiger partial charge in [-0.1, -0.05) is 44.2 Å². The Morgan fingerprint density at radius 3 is 2.62 bits per heavy atom. The fourth-order valence-electron chi connectivity index (χ4n) is 2.48. The van der Waals surface area contributed by atoms with E-state index in [-0.39, 0.29) is 5.91 Å². The number of benzene rings is 1. The summed E-state index contributed by atoms with van der Waals surface area (Å²) in [6.07, 6.45) is 3.63. The quantitative estimate of drug-likeness (QED) is 0.515. The number of carbonyl (C=O) groups excluding carboxylic acids is 1. The van der Waals surface area contributed by atoms with Gasteiger partial charge in [0.05, 0.1) is 10.6 Å². The molecule has 0 radical (unpaired) electrons. The van der Waals surface area contributed by atoms with Gasteiger partial charge in [-0.05, 0) is 41.8 Å². The zero-order valence-electron chi connectivity index (χ0n) is 15.1. The molecule has 0 atom stereocenters. The molecular weight excluding hydrogens is 362 g/mol. The number of amidine groups is 1. The lowest BCUT2D eigenvalue weighted by atomic mass is 10.0. The standard InChI is InChI=1S/C20H21N3OS2/c1-5-10-23-18(24)17(11-15-6-8-16(9-7-15)13(2)3)26-20(23)22-19-21-14(4)12-25-19/h5-9,11-13H,1,10H2,2-4H3/b17-11-,22-20+. The normalized spacial score (nSPS) is 17.7. The van der Waals surface area contributed by atoms with Crippen LogP contribution in [0.15, 0.2) is 52.2 Å². The Balaban J connectivity index is 1.89. The number of nitrogens with zero attached hydrogens (tertiary/aromatic N) is 3. The second-order valence-electron chi connectivity index (χ2n) is 6.30. The molecule has 1 aliphatic rings. The Morgan fingerprint density at radius 2 is 2.04 bits per heavy atom. The van der Waals surface area contributed by atoms with E-state index >= 15 is 0 Å². The maximum Gasteiger partial charge on any atom is 0.267 e. The van der Waals surface area contributed by atoms with Crippen molar-refractivity contribution in [1.29, 1.82) is 0 Å². The topological polar surface area (TPSA) is 45.6 Å². The first-order valence-electron chi connectivity index (χ1n) is 8.41. The number of carbonyl (C=O) groups is 1. The van der Waals surface area contributed by atoms with Crippen LogP contribution >= 0.6 is 23.1 Å². The van der Waals surface area contributed by atoms with Crippen molar-refractivity contribution in [3.05, 3.63) is 64.0 Å². The summed E-state index contributed by atoms with van der Waals surface area (Å²) in [4.78, 5) is 24.0. The van der Waals surface area contributed by atoms with Crippen LogP contribution in [0.25, 0.3) is 6.08 Å². The molecule has 0 aliphatic carbocycles. The summed E-state index contributed by atoms with van der Waals surface area (Å²) in [7, 11) is 0. The highest BCUT2D eigenvalue weighted by atomic mass is 32.2. The van der Waals surface area contributed by atoms with Crippen molar-refractivity contribution in [2.24, 2.45) is 4.99 Å². The van der Waals surface area contributed by atoms with Gasteiger partial charge in [-0.3, -0.25) is 9.69 Å². The van der Waals surface area contributed by atoms with Gasteiger partial charge in [0.25, 0.3) is 5.91 Å². The fourth-order valence-corrected chi connectivity index (χ4v) is 4.20. The van der Waals surface area contributed by atoms with Crippen LogP contribution in [0.5, 0.6) is 0 Å². The molecule has 134 valence electrons. The SMILES string of the molecule is C=CCN1C(=O)/C(=C/c2ccc(C(C)C)cc2)S/C1=N/c1nc(C)cs1. The summed E-state index contributed by atoms with van der Waals surface area (Å²) in [5.74, 6) is 0.442. The zero-order chi connectivity index (χ0) is 18.7. The molecule has 3 rings (SSSR count). The van der Waals surface area contributed by atoms with Crippen LogP contribution in [0.4, 0.5) is 5.13 Å². The maximum absolute atomic E-state index is 12.8. The van der Waals surface area contributed by atoms with Crippen LogP contribution in [0.1, 0.15) is 36.6 Å². The Bertz CT molecular complexity index is 879. The molecular formula is C20H21N3OS2. The highest BCUT2D eigenvalue weighted by Gasteiger charge is 2.32. The first-order chi connectivity index (χ1) is 12.5. The number of hydrogen-bond acceptors (Lipinski definition) is 5. The van der Waals surface area contributed by atoms with Gasteiger partial charge in [-0.25, -0.2) is 4.98 Å². The van der Waals surface area contributed by atoms with Gasteiger partial charge < -0.3 is 0 Å². The molecule has 0 N–H and O–H groups in total. The molecule has 26 heavy (non-hydrogen) atoms. The number of aryl methyl sites for hydroxylation is 1. The molecule has 1 saturated heterocycles. The van der Waals surface area contributed by atoms with Crippen LogP contribution in [0.2, 0.25) is 0 Å². The van der Waals surface area contributed by atoms with Gasteiger partial charge in [0.1, 0.15) is 0 Å². The van der Waals surface area contributed by atoms with Crippen LogP contribution < -0.4 is 0 Å². The van der Waals surface area contributed by atoms with E-state index in [1.807, 2.05) is 30.5 Å². The summed E-state index contributed by atoms with van der Waals surface area (Å²) < 4.78 is 0. The molecule has 6 heteroatoms. The lowest BCUT2D eigenvalue weighted by Gasteiger charge is -2.11. The number of hydrogen-bond donors (Lipinski definition) is 0. The van der Waals surface area contributed by atoms with E-state index in [1.54, 1.807) is 11.0 Å². The minimum absolute atomic E-state index is 0.0464. The van der Waals surface area contributed by atoms with Gasteiger partial charge >= 0.3 is 0 Å². The van der Waals surface area contributed by atoms with Crippen LogP contribution in [0, 0.1) is 6.92 Å². The molecule has 2 heterocycles. The van der Waals surface area contributed by atoms with Gasteiger partial charge in [0.2, 0.25) is 5.13 Å². The third kappa shape index (κ3) is 4.14. The second kappa shape index (κ2) is 8.01. The van der Waals surface area contributed by atoms with Gasteiger partial charge in [0.15, 0.2) is 5.17 Å². The van der Waals surface area contributed by atoms with Crippen LogP contribution in [-0.4, -0.2) is 27.5 Å². The van der Waals surface area contributed by atoms with E-state index < -0.39 is 0 Å². The van der Waals surface area contributed by atoms with E-state index in [0.717, 1.165) is 11.3 Å².